The Bertz CT molecular complexity index is 480. The number of aliphatic carboxylic acids is 1. The summed E-state index contributed by atoms with van der Waals surface area (Å²) in [5, 5.41) is 20.7. The van der Waals surface area contributed by atoms with Crippen LogP contribution in [0.1, 0.15) is 25.8 Å². The largest absolute Gasteiger partial charge is 0.480 e. The lowest BCUT2D eigenvalue weighted by molar-refractivity contribution is -0.138. The number of anilines is 1. The number of hydrogen-bond donors (Lipinski definition) is 2. The molecule has 0 saturated heterocycles. The first kappa shape index (κ1) is 14.0. The highest BCUT2D eigenvalue weighted by molar-refractivity contribution is 5.78. The van der Waals surface area contributed by atoms with Crippen molar-refractivity contribution in [3.63, 3.8) is 0 Å². The van der Waals surface area contributed by atoms with E-state index < -0.39 is 17.8 Å². The number of hydrogen-bond acceptors (Lipinski definition) is 3. The van der Waals surface area contributed by atoms with Gasteiger partial charge in [0.25, 0.3) is 0 Å². The first-order valence-electron chi connectivity index (χ1n) is 5.63. The van der Waals surface area contributed by atoms with Crippen LogP contribution in [0.4, 0.5) is 10.1 Å². The van der Waals surface area contributed by atoms with E-state index in [1.165, 1.54) is 12.1 Å². The molecule has 0 heterocycles. The predicted molar refractivity (Wildman–Crippen MR) is 65.6 cm³/mol. The Morgan fingerprint density at radius 1 is 1.56 bits per heavy atom. The molecule has 0 radical (unpaired) electrons. The van der Waals surface area contributed by atoms with Gasteiger partial charge in [-0.1, -0.05) is 13.8 Å². The summed E-state index contributed by atoms with van der Waals surface area (Å²) in [6.45, 7) is 3.82. The smallest absolute Gasteiger partial charge is 0.326 e. The predicted octanol–water partition coefficient (Wildman–Crippen LogP) is 2.61. The fraction of sp³-hybridized carbons (Fsp3) is 0.385. The molecular formula is C13H15FN2O2. The van der Waals surface area contributed by atoms with Crippen molar-refractivity contribution in [1.29, 1.82) is 5.26 Å². The normalized spacial score (nSPS) is 11.9. The molecule has 1 atom stereocenters. The van der Waals surface area contributed by atoms with Crippen LogP contribution < -0.4 is 5.32 Å². The Kier molecular flexibility index (Phi) is 4.67. The quantitative estimate of drug-likeness (QED) is 0.842. The van der Waals surface area contributed by atoms with Crippen molar-refractivity contribution in [3.8, 4) is 6.07 Å². The topological polar surface area (TPSA) is 73.1 Å². The second-order valence-electron chi connectivity index (χ2n) is 4.47. The fourth-order valence-electron chi connectivity index (χ4n) is 1.62. The third kappa shape index (κ3) is 3.74. The van der Waals surface area contributed by atoms with Gasteiger partial charge in [-0.25, -0.2) is 9.18 Å². The molecule has 0 aliphatic rings. The number of nitrogens with zero attached hydrogens (tertiary/aromatic N) is 1. The zero-order valence-electron chi connectivity index (χ0n) is 10.3. The summed E-state index contributed by atoms with van der Waals surface area (Å²) in [4.78, 5) is 11.1. The molecule has 0 unspecified atom stereocenters. The van der Waals surface area contributed by atoms with Gasteiger partial charge < -0.3 is 10.4 Å². The van der Waals surface area contributed by atoms with Crippen LogP contribution in [-0.4, -0.2) is 17.1 Å². The highest BCUT2D eigenvalue weighted by atomic mass is 19.1. The molecule has 1 rings (SSSR count). The summed E-state index contributed by atoms with van der Waals surface area (Å²) in [6.07, 6.45) is 0.428. The van der Waals surface area contributed by atoms with Gasteiger partial charge in [-0.2, -0.15) is 5.26 Å². The van der Waals surface area contributed by atoms with E-state index in [-0.39, 0.29) is 11.5 Å². The molecule has 5 heteroatoms. The van der Waals surface area contributed by atoms with Crippen molar-refractivity contribution in [2.45, 2.75) is 26.3 Å². The van der Waals surface area contributed by atoms with Crippen LogP contribution in [-0.2, 0) is 4.79 Å². The van der Waals surface area contributed by atoms with E-state index >= 15 is 0 Å². The molecule has 0 amide bonds. The SMILES string of the molecule is CC(C)C[C@H](Nc1ccc(F)cc1C#N)C(=O)O. The van der Waals surface area contributed by atoms with E-state index in [1.807, 2.05) is 19.9 Å². The molecular weight excluding hydrogens is 235 g/mol. The highest BCUT2D eigenvalue weighted by Crippen LogP contribution is 2.19. The number of carboxylic acid groups (broad SMARTS) is 1. The summed E-state index contributed by atoms with van der Waals surface area (Å²) in [5.41, 5.74) is 0.442. The van der Waals surface area contributed by atoms with Crippen molar-refractivity contribution in [2.24, 2.45) is 5.92 Å². The minimum Gasteiger partial charge on any atom is -0.480 e. The molecule has 0 saturated carbocycles. The molecule has 1 aromatic rings. The minimum atomic E-state index is -0.989. The van der Waals surface area contributed by atoms with Crippen LogP contribution in [0.15, 0.2) is 18.2 Å². The van der Waals surface area contributed by atoms with Gasteiger partial charge in [0.05, 0.1) is 11.3 Å². The van der Waals surface area contributed by atoms with Crippen molar-refractivity contribution < 1.29 is 14.3 Å². The van der Waals surface area contributed by atoms with Gasteiger partial charge in [0.15, 0.2) is 0 Å². The lowest BCUT2D eigenvalue weighted by Gasteiger charge is -2.18. The molecule has 2 N–H and O–H groups in total. The summed E-state index contributed by atoms with van der Waals surface area (Å²) in [6, 6.07) is 4.70. The lowest BCUT2D eigenvalue weighted by atomic mass is 10.0. The Balaban J connectivity index is 2.94. The maximum absolute atomic E-state index is 12.9. The van der Waals surface area contributed by atoms with E-state index in [0.29, 0.717) is 12.1 Å². The molecule has 0 aliphatic carbocycles. The first-order chi connectivity index (χ1) is 8.43. The van der Waals surface area contributed by atoms with E-state index in [2.05, 4.69) is 5.32 Å². The van der Waals surface area contributed by atoms with Crippen LogP contribution in [0, 0.1) is 23.1 Å². The van der Waals surface area contributed by atoms with Crippen molar-refractivity contribution >= 4 is 11.7 Å². The van der Waals surface area contributed by atoms with Crippen LogP contribution in [0.5, 0.6) is 0 Å². The van der Waals surface area contributed by atoms with Gasteiger partial charge in [-0.15, -0.1) is 0 Å². The van der Waals surface area contributed by atoms with Crippen molar-refractivity contribution in [2.75, 3.05) is 5.32 Å². The summed E-state index contributed by atoms with van der Waals surface area (Å²) in [7, 11) is 0. The number of nitriles is 1. The Morgan fingerprint density at radius 2 is 2.22 bits per heavy atom. The summed E-state index contributed by atoms with van der Waals surface area (Å²) >= 11 is 0. The number of rotatable bonds is 5. The second kappa shape index (κ2) is 6.01. The average Bonchev–Trinajstić information content (AvgIpc) is 2.29. The van der Waals surface area contributed by atoms with E-state index in [1.54, 1.807) is 0 Å². The van der Waals surface area contributed by atoms with Crippen LogP contribution >= 0.6 is 0 Å². The van der Waals surface area contributed by atoms with E-state index in [0.717, 1.165) is 6.07 Å². The van der Waals surface area contributed by atoms with Gasteiger partial charge in [0.2, 0.25) is 0 Å². The number of benzene rings is 1. The third-order valence-electron chi connectivity index (χ3n) is 2.44. The van der Waals surface area contributed by atoms with Gasteiger partial charge in [0.1, 0.15) is 17.9 Å². The summed E-state index contributed by atoms with van der Waals surface area (Å²) < 4.78 is 12.9. The van der Waals surface area contributed by atoms with Gasteiger partial charge in [-0.3, -0.25) is 0 Å². The fourth-order valence-corrected chi connectivity index (χ4v) is 1.62. The van der Waals surface area contributed by atoms with Crippen LogP contribution in [0.3, 0.4) is 0 Å². The number of carbonyl (C=O) groups is 1. The molecule has 4 nitrogen and oxygen atoms in total. The Morgan fingerprint density at radius 3 is 2.72 bits per heavy atom. The molecule has 0 aliphatic heterocycles. The highest BCUT2D eigenvalue weighted by Gasteiger charge is 2.19. The number of halogens is 1. The van der Waals surface area contributed by atoms with Crippen LogP contribution in [0.25, 0.3) is 0 Å². The Hall–Kier alpha value is -2.09. The second-order valence-corrected chi connectivity index (χ2v) is 4.47. The maximum atomic E-state index is 12.9. The number of carboxylic acids is 1. The van der Waals surface area contributed by atoms with Gasteiger partial charge in [0, 0.05) is 0 Å². The van der Waals surface area contributed by atoms with Gasteiger partial charge >= 0.3 is 5.97 Å². The maximum Gasteiger partial charge on any atom is 0.326 e. The zero-order chi connectivity index (χ0) is 13.7. The van der Waals surface area contributed by atoms with Crippen molar-refractivity contribution in [1.82, 2.24) is 0 Å². The third-order valence-corrected chi connectivity index (χ3v) is 2.44. The minimum absolute atomic E-state index is 0.102. The molecule has 0 spiro atoms. The first-order valence-corrected chi connectivity index (χ1v) is 5.63. The molecule has 0 aromatic heterocycles. The van der Waals surface area contributed by atoms with Crippen LogP contribution in [0.2, 0.25) is 0 Å². The van der Waals surface area contributed by atoms with E-state index in [4.69, 9.17) is 10.4 Å². The average molecular weight is 250 g/mol. The molecule has 1 aromatic carbocycles. The Labute approximate surface area is 105 Å². The monoisotopic (exact) mass is 250 g/mol. The zero-order valence-corrected chi connectivity index (χ0v) is 10.3. The molecule has 0 fully saturated rings. The van der Waals surface area contributed by atoms with E-state index in [9.17, 15) is 9.18 Å². The lowest BCUT2D eigenvalue weighted by Crippen LogP contribution is -2.31. The standard InChI is InChI=1S/C13H15FN2O2/c1-8(2)5-12(13(17)18)16-11-4-3-10(14)6-9(11)7-15/h3-4,6,8,12,16H,5H2,1-2H3,(H,17,18)/t12-/m0/s1. The number of nitrogens with one attached hydrogen (secondary N) is 1. The van der Waals surface area contributed by atoms with Gasteiger partial charge in [-0.05, 0) is 30.5 Å². The van der Waals surface area contributed by atoms with Crippen molar-refractivity contribution in [3.05, 3.63) is 29.6 Å². The molecule has 96 valence electrons. The summed E-state index contributed by atoms with van der Waals surface area (Å²) in [5.74, 6) is -1.31. The molecule has 0 bridgehead atoms. The molecule has 18 heavy (non-hydrogen) atoms.